The van der Waals surface area contributed by atoms with Crippen LogP contribution in [0.1, 0.15) is 31.8 Å². The molecule has 0 aliphatic heterocycles. The Morgan fingerprint density at radius 2 is 1.36 bits per heavy atom. The van der Waals surface area contributed by atoms with Crippen molar-refractivity contribution in [2.45, 2.75) is 6.42 Å². The molecule has 3 aromatic carbocycles. The van der Waals surface area contributed by atoms with Gasteiger partial charge in [-0.2, -0.15) is 0 Å². The van der Waals surface area contributed by atoms with Crippen molar-refractivity contribution in [1.82, 2.24) is 0 Å². The number of hydrogen-bond acceptors (Lipinski definition) is 5. The minimum Gasteiger partial charge on any atom is -0.465 e. The van der Waals surface area contributed by atoms with Crippen molar-refractivity contribution in [1.29, 1.82) is 0 Å². The van der Waals surface area contributed by atoms with Gasteiger partial charge in [0.05, 0.1) is 31.0 Å². The van der Waals surface area contributed by atoms with E-state index in [9.17, 15) is 9.59 Å². The molecule has 3 aromatic rings. The third kappa shape index (κ3) is 4.38. The maximum Gasteiger partial charge on any atom is 0.339 e. The zero-order chi connectivity index (χ0) is 19.9. The molecule has 0 unspecified atom stereocenters. The van der Waals surface area contributed by atoms with Crippen LogP contribution in [0, 0.1) is 0 Å². The number of hydrogen-bond donors (Lipinski definition) is 1. The summed E-state index contributed by atoms with van der Waals surface area (Å²) in [5.74, 6) is -0.942. The molecule has 0 bridgehead atoms. The molecule has 0 radical (unpaired) electrons. The normalized spacial score (nSPS) is 10.2. The van der Waals surface area contributed by atoms with E-state index in [2.05, 4.69) is 5.32 Å². The Balaban J connectivity index is 2.10. The molecule has 5 heteroatoms. The zero-order valence-corrected chi connectivity index (χ0v) is 15.8. The fraction of sp³-hybridized carbons (Fsp3) is 0.130. The topological polar surface area (TPSA) is 64.6 Å². The summed E-state index contributed by atoms with van der Waals surface area (Å²) in [6.07, 6.45) is 0.487. The quantitative estimate of drug-likeness (QED) is 0.638. The summed E-state index contributed by atoms with van der Waals surface area (Å²) < 4.78 is 9.92. The van der Waals surface area contributed by atoms with Gasteiger partial charge in [0.25, 0.3) is 0 Å². The van der Waals surface area contributed by atoms with Gasteiger partial charge in [-0.15, -0.1) is 0 Å². The van der Waals surface area contributed by atoms with E-state index < -0.39 is 11.9 Å². The fourth-order valence-electron chi connectivity index (χ4n) is 2.97. The lowest BCUT2D eigenvalue weighted by Gasteiger charge is -2.16. The summed E-state index contributed by atoms with van der Waals surface area (Å²) in [5, 5.41) is 3.19. The monoisotopic (exact) mass is 375 g/mol. The lowest BCUT2D eigenvalue weighted by Crippen LogP contribution is -2.12. The fourth-order valence-corrected chi connectivity index (χ4v) is 2.97. The summed E-state index contributed by atoms with van der Waals surface area (Å²) >= 11 is 0. The van der Waals surface area contributed by atoms with Crippen molar-refractivity contribution in [2.75, 3.05) is 19.5 Å². The molecule has 3 rings (SSSR count). The van der Waals surface area contributed by atoms with Gasteiger partial charge in [-0.1, -0.05) is 48.5 Å². The third-order valence-corrected chi connectivity index (χ3v) is 4.34. The molecule has 0 saturated carbocycles. The molecular weight excluding hydrogens is 354 g/mol. The first-order chi connectivity index (χ1) is 13.6. The van der Waals surface area contributed by atoms with Crippen LogP contribution in [0.15, 0.2) is 72.8 Å². The van der Waals surface area contributed by atoms with Crippen LogP contribution in [0.2, 0.25) is 0 Å². The second-order valence-corrected chi connectivity index (χ2v) is 6.19. The molecule has 1 N–H and O–H groups in total. The number of carbonyl (C=O) groups excluding carboxylic acids is 2. The lowest BCUT2D eigenvalue weighted by molar-refractivity contribution is 0.0586. The molecule has 5 nitrogen and oxygen atoms in total. The number of ether oxygens (including phenoxy) is 2. The van der Waals surface area contributed by atoms with Crippen LogP contribution in [-0.4, -0.2) is 26.2 Å². The Bertz CT molecular complexity index is 887. The highest BCUT2D eigenvalue weighted by Crippen LogP contribution is 2.28. The second-order valence-electron chi connectivity index (χ2n) is 6.19. The van der Waals surface area contributed by atoms with Crippen LogP contribution in [0.5, 0.6) is 0 Å². The molecule has 0 atom stereocenters. The Kier molecular flexibility index (Phi) is 6.07. The number of carbonyl (C=O) groups is 2. The SMILES string of the molecule is COC(=O)c1cc(Nc2ccccc2)c(C(=O)OC)cc1Cc1ccccc1. The highest BCUT2D eigenvalue weighted by Gasteiger charge is 2.20. The summed E-state index contributed by atoms with van der Waals surface area (Å²) in [6.45, 7) is 0. The van der Waals surface area contributed by atoms with Crippen LogP contribution in [0.4, 0.5) is 11.4 Å². The Morgan fingerprint density at radius 1 is 0.786 bits per heavy atom. The van der Waals surface area contributed by atoms with Gasteiger partial charge in [-0.3, -0.25) is 0 Å². The molecule has 0 aliphatic rings. The van der Waals surface area contributed by atoms with Gasteiger partial charge in [0.15, 0.2) is 0 Å². The first kappa shape index (κ1) is 19.2. The minimum absolute atomic E-state index is 0.352. The number of anilines is 2. The van der Waals surface area contributed by atoms with Crippen molar-refractivity contribution >= 4 is 23.3 Å². The van der Waals surface area contributed by atoms with Gasteiger partial charge in [-0.25, -0.2) is 9.59 Å². The van der Waals surface area contributed by atoms with Gasteiger partial charge in [0.2, 0.25) is 0 Å². The van der Waals surface area contributed by atoms with Crippen molar-refractivity contribution < 1.29 is 19.1 Å². The molecule has 0 saturated heterocycles. The number of esters is 2. The van der Waals surface area contributed by atoms with Gasteiger partial charge in [0.1, 0.15) is 0 Å². The number of para-hydroxylation sites is 1. The van der Waals surface area contributed by atoms with Gasteiger partial charge in [0, 0.05) is 5.69 Å². The Morgan fingerprint density at radius 3 is 1.96 bits per heavy atom. The number of methoxy groups -OCH3 is 2. The highest BCUT2D eigenvalue weighted by molar-refractivity contribution is 6.00. The summed E-state index contributed by atoms with van der Waals surface area (Å²) in [4.78, 5) is 24.8. The molecular formula is C23H21NO4. The van der Waals surface area contributed by atoms with E-state index in [0.29, 0.717) is 28.8 Å². The van der Waals surface area contributed by atoms with Crippen molar-refractivity contribution in [2.24, 2.45) is 0 Å². The first-order valence-corrected chi connectivity index (χ1v) is 8.82. The third-order valence-electron chi connectivity index (χ3n) is 4.34. The molecule has 142 valence electrons. The van der Waals surface area contributed by atoms with Crippen LogP contribution in [0.3, 0.4) is 0 Å². The molecule has 28 heavy (non-hydrogen) atoms. The summed E-state index contributed by atoms with van der Waals surface area (Å²) in [6, 6.07) is 22.5. The highest BCUT2D eigenvalue weighted by atomic mass is 16.5. The molecule has 0 spiro atoms. The molecule has 0 heterocycles. The maximum atomic E-state index is 12.4. The van der Waals surface area contributed by atoms with Gasteiger partial charge >= 0.3 is 11.9 Å². The first-order valence-electron chi connectivity index (χ1n) is 8.82. The number of rotatable bonds is 6. The number of benzene rings is 3. The second kappa shape index (κ2) is 8.86. The molecule has 0 fully saturated rings. The molecule has 0 aromatic heterocycles. The number of nitrogens with one attached hydrogen (secondary N) is 1. The Hall–Kier alpha value is -3.60. The lowest BCUT2D eigenvalue weighted by atomic mass is 9.96. The van der Waals surface area contributed by atoms with E-state index >= 15 is 0 Å². The summed E-state index contributed by atoms with van der Waals surface area (Å²) in [7, 11) is 2.67. The van der Waals surface area contributed by atoms with Crippen molar-refractivity contribution in [3.8, 4) is 0 Å². The minimum atomic E-state index is -0.482. The standard InChI is InChI=1S/C23H21NO4/c1-27-22(25)19-15-21(24-18-11-7-4-8-12-18)20(23(26)28-2)14-17(19)13-16-9-5-3-6-10-16/h3-12,14-15,24H,13H2,1-2H3. The average Bonchev–Trinajstić information content (AvgIpc) is 2.74. The Labute approximate surface area is 163 Å². The average molecular weight is 375 g/mol. The van der Waals surface area contributed by atoms with Crippen molar-refractivity contribution in [3.63, 3.8) is 0 Å². The predicted molar refractivity (Wildman–Crippen MR) is 108 cm³/mol. The van der Waals surface area contributed by atoms with Crippen LogP contribution in [-0.2, 0) is 15.9 Å². The van der Waals surface area contributed by atoms with Crippen LogP contribution in [0.25, 0.3) is 0 Å². The summed E-state index contributed by atoms with van der Waals surface area (Å²) in [5.41, 5.74) is 3.74. The van der Waals surface area contributed by atoms with Crippen molar-refractivity contribution in [3.05, 3.63) is 95.1 Å². The largest absolute Gasteiger partial charge is 0.465 e. The van der Waals surface area contributed by atoms with E-state index in [4.69, 9.17) is 9.47 Å². The molecule has 0 aliphatic carbocycles. The van der Waals surface area contributed by atoms with Crippen LogP contribution >= 0.6 is 0 Å². The van der Waals surface area contributed by atoms with Gasteiger partial charge in [-0.05, 0) is 41.8 Å². The van der Waals surface area contributed by atoms with Gasteiger partial charge < -0.3 is 14.8 Å². The van der Waals surface area contributed by atoms with E-state index in [1.165, 1.54) is 14.2 Å². The van der Waals surface area contributed by atoms with E-state index in [1.54, 1.807) is 12.1 Å². The van der Waals surface area contributed by atoms with E-state index in [1.807, 2.05) is 60.7 Å². The van der Waals surface area contributed by atoms with E-state index in [0.717, 1.165) is 11.3 Å². The van der Waals surface area contributed by atoms with E-state index in [-0.39, 0.29) is 0 Å². The van der Waals surface area contributed by atoms with Crippen LogP contribution < -0.4 is 5.32 Å². The predicted octanol–water partition coefficient (Wildman–Crippen LogP) is 4.59. The zero-order valence-electron chi connectivity index (χ0n) is 15.8. The maximum absolute atomic E-state index is 12.4. The smallest absolute Gasteiger partial charge is 0.339 e. The molecule has 0 amide bonds.